The molecule has 0 amide bonds. The Morgan fingerprint density at radius 2 is 2.05 bits per heavy atom. The van der Waals surface area contributed by atoms with Crippen molar-refractivity contribution in [2.24, 2.45) is 5.73 Å². The van der Waals surface area contributed by atoms with E-state index >= 15 is 0 Å². The van der Waals surface area contributed by atoms with Gasteiger partial charge in [-0.3, -0.25) is 15.0 Å². The zero-order valence-electron chi connectivity index (χ0n) is 12.6. The summed E-state index contributed by atoms with van der Waals surface area (Å²) in [6.45, 7) is 0.644. The molecular formula is C15H23N3O3. The smallest absolute Gasteiger partial charge is 0.270 e. The van der Waals surface area contributed by atoms with Crippen LogP contribution < -0.4 is 10.5 Å². The minimum absolute atomic E-state index is 0.102. The van der Waals surface area contributed by atoms with Crippen molar-refractivity contribution in [2.75, 3.05) is 14.2 Å². The van der Waals surface area contributed by atoms with E-state index in [-0.39, 0.29) is 10.6 Å². The van der Waals surface area contributed by atoms with Crippen molar-refractivity contribution in [3.05, 3.63) is 33.9 Å². The zero-order valence-corrected chi connectivity index (χ0v) is 12.6. The summed E-state index contributed by atoms with van der Waals surface area (Å²) in [5.74, 6) is 0.694. The van der Waals surface area contributed by atoms with Crippen LogP contribution >= 0.6 is 0 Å². The SMILES string of the molecule is COc1ccc([N+](=O)[O-])cc1CN(C)C1CCC(N)CC1. The van der Waals surface area contributed by atoms with Gasteiger partial charge in [0.25, 0.3) is 5.69 Å². The predicted octanol–water partition coefficient (Wildman–Crippen LogP) is 2.31. The van der Waals surface area contributed by atoms with Gasteiger partial charge >= 0.3 is 0 Å². The molecule has 116 valence electrons. The van der Waals surface area contributed by atoms with E-state index in [1.165, 1.54) is 6.07 Å². The second kappa shape index (κ2) is 6.87. The lowest BCUT2D eigenvalue weighted by Crippen LogP contribution is -2.38. The van der Waals surface area contributed by atoms with Gasteiger partial charge in [0.2, 0.25) is 0 Å². The number of hydrogen-bond donors (Lipinski definition) is 1. The Kier molecular flexibility index (Phi) is 5.14. The molecule has 2 N–H and O–H groups in total. The molecule has 6 heteroatoms. The van der Waals surface area contributed by atoms with E-state index in [1.807, 2.05) is 0 Å². The van der Waals surface area contributed by atoms with Crippen molar-refractivity contribution in [3.8, 4) is 5.75 Å². The molecule has 0 saturated heterocycles. The maximum atomic E-state index is 10.9. The van der Waals surface area contributed by atoms with Crippen molar-refractivity contribution >= 4 is 5.69 Å². The maximum Gasteiger partial charge on any atom is 0.270 e. The molecule has 1 aromatic rings. The molecule has 0 aromatic heterocycles. The van der Waals surface area contributed by atoms with Gasteiger partial charge in [-0.15, -0.1) is 0 Å². The minimum atomic E-state index is -0.372. The van der Waals surface area contributed by atoms with Crippen LogP contribution in [0.3, 0.4) is 0 Å². The number of nitrogens with two attached hydrogens (primary N) is 1. The van der Waals surface area contributed by atoms with E-state index in [4.69, 9.17) is 10.5 Å². The molecule has 0 unspecified atom stereocenters. The van der Waals surface area contributed by atoms with Crippen molar-refractivity contribution in [1.29, 1.82) is 0 Å². The van der Waals surface area contributed by atoms with E-state index < -0.39 is 0 Å². The van der Waals surface area contributed by atoms with Crippen LogP contribution in [0.4, 0.5) is 5.69 Å². The first-order valence-electron chi connectivity index (χ1n) is 7.28. The van der Waals surface area contributed by atoms with Crippen LogP contribution in [-0.2, 0) is 6.54 Å². The topological polar surface area (TPSA) is 81.6 Å². The Morgan fingerprint density at radius 1 is 1.38 bits per heavy atom. The quantitative estimate of drug-likeness (QED) is 0.665. The van der Waals surface area contributed by atoms with Crippen LogP contribution in [0, 0.1) is 10.1 Å². The van der Waals surface area contributed by atoms with Gasteiger partial charge < -0.3 is 10.5 Å². The molecule has 1 aromatic carbocycles. The fourth-order valence-corrected chi connectivity index (χ4v) is 2.94. The number of nitrogens with zero attached hydrogens (tertiary/aromatic N) is 2. The molecule has 0 spiro atoms. The fraction of sp³-hybridized carbons (Fsp3) is 0.600. The van der Waals surface area contributed by atoms with Gasteiger partial charge in [0.1, 0.15) is 5.75 Å². The molecule has 2 rings (SSSR count). The summed E-state index contributed by atoms with van der Waals surface area (Å²) >= 11 is 0. The Balaban J connectivity index is 2.10. The first-order valence-corrected chi connectivity index (χ1v) is 7.28. The molecule has 0 bridgehead atoms. The lowest BCUT2D eigenvalue weighted by Gasteiger charge is -2.33. The first kappa shape index (κ1) is 15.7. The van der Waals surface area contributed by atoms with Gasteiger partial charge in [0.05, 0.1) is 12.0 Å². The third-order valence-corrected chi connectivity index (χ3v) is 4.26. The molecule has 1 aliphatic rings. The molecule has 0 heterocycles. The van der Waals surface area contributed by atoms with E-state index in [0.717, 1.165) is 31.2 Å². The molecule has 1 aliphatic carbocycles. The van der Waals surface area contributed by atoms with Crippen LogP contribution in [-0.4, -0.2) is 36.1 Å². The lowest BCUT2D eigenvalue weighted by atomic mass is 9.91. The Morgan fingerprint density at radius 3 is 2.62 bits per heavy atom. The molecule has 21 heavy (non-hydrogen) atoms. The lowest BCUT2D eigenvalue weighted by molar-refractivity contribution is -0.385. The highest BCUT2D eigenvalue weighted by Crippen LogP contribution is 2.28. The summed E-state index contributed by atoms with van der Waals surface area (Å²) < 4.78 is 5.32. The number of benzene rings is 1. The standard InChI is InChI=1S/C15H23N3O3/c1-17(13-5-3-12(16)4-6-13)10-11-9-14(18(19)20)7-8-15(11)21-2/h7-9,12-13H,3-6,10,16H2,1-2H3. The number of rotatable bonds is 5. The van der Waals surface area contributed by atoms with Crippen LogP contribution in [0.15, 0.2) is 18.2 Å². The number of ether oxygens (including phenoxy) is 1. The fourth-order valence-electron chi connectivity index (χ4n) is 2.94. The predicted molar refractivity (Wildman–Crippen MR) is 81.3 cm³/mol. The summed E-state index contributed by atoms with van der Waals surface area (Å²) in [6.07, 6.45) is 4.24. The average Bonchev–Trinajstić information content (AvgIpc) is 2.47. The van der Waals surface area contributed by atoms with Gasteiger partial charge in [0, 0.05) is 36.3 Å². The third-order valence-electron chi connectivity index (χ3n) is 4.26. The van der Waals surface area contributed by atoms with E-state index in [1.54, 1.807) is 19.2 Å². The van der Waals surface area contributed by atoms with Crippen molar-refractivity contribution < 1.29 is 9.66 Å². The zero-order chi connectivity index (χ0) is 15.4. The molecule has 1 saturated carbocycles. The van der Waals surface area contributed by atoms with Gasteiger partial charge in [-0.25, -0.2) is 0 Å². The molecule has 6 nitrogen and oxygen atoms in total. The van der Waals surface area contributed by atoms with Crippen LogP contribution in [0.5, 0.6) is 5.75 Å². The third kappa shape index (κ3) is 3.92. The highest BCUT2D eigenvalue weighted by molar-refractivity contribution is 5.43. The van der Waals surface area contributed by atoms with Crippen LogP contribution in [0.2, 0.25) is 0 Å². The van der Waals surface area contributed by atoms with Crippen molar-refractivity contribution in [3.63, 3.8) is 0 Å². The van der Waals surface area contributed by atoms with E-state index in [9.17, 15) is 10.1 Å². The number of nitro groups is 1. The molecule has 1 fully saturated rings. The summed E-state index contributed by atoms with van der Waals surface area (Å²) in [5, 5.41) is 10.9. The summed E-state index contributed by atoms with van der Waals surface area (Å²) in [4.78, 5) is 12.8. The monoisotopic (exact) mass is 293 g/mol. The normalized spacial score (nSPS) is 22.3. The molecule has 0 radical (unpaired) electrons. The van der Waals surface area contributed by atoms with E-state index in [0.29, 0.717) is 24.4 Å². The highest BCUT2D eigenvalue weighted by Gasteiger charge is 2.23. The maximum absolute atomic E-state index is 10.9. The Labute approximate surface area is 125 Å². The van der Waals surface area contributed by atoms with Crippen LogP contribution in [0.1, 0.15) is 31.2 Å². The van der Waals surface area contributed by atoms with Crippen LogP contribution in [0.25, 0.3) is 0 Å². The van der Waals surface area contributed by atoms with E-state index in [2.05, 4.69) is 11.9 Å². The largest absolute Gasteiger partial charge is 0.496 e. The average molecular weight is 293 g/mol. The molecule has 0 aliphatic heterocycles. The second-order valence-electron chi connectivity index (χ2n) is 5.74. The van der Waals surface area contributed by atoms with Gasteiger partial charge in [-0.05, 0) is 38.8 Å². The Bertz CT molecular complexity index is 499. The van der Waals surface area contributed by atoms with Crippen molar-refractivity contribution in [2.45, 2.75) is 44.3 Å². The first-order chi connectivity index (χ1) is 10.0. The summed E-state index contributed by atoms with van der Waals surface area (Å²) in [5.41, 5.74) is 6.89. The molecule has 0 atom stereocenters. The van der Waals surface area contributed by atoms with Gasteiger partial charge in [-0.2, -0.15) is 0 Å². The summed E-state index contributed by atoms with van der Waals surface area (Å²) in [7, 11) is 3.64. The van der Waals surface area contributed by atoms with Gasteiger partial charge in [-0.1, -0.05) is 0 Å². The number of nitro benzene ring substituents is 1. The number of hydrogen-bond acceptors (Lipinski definition) is 5. The van der Waals surface area contributed by atoms with Crippen molar-refractivity contribution in [1.82, 2.24) is 4.90 Å². The number of non-ortho nitro benzene ring substituents is 1. The Hall–Kier alpha value is -1.66. The highest BCUT2D eigenvalue weighted by atomic mass is 16.6. The molecular weight excluding hydrogens is 270 g/mol. The second-order valence-corrected chi connectivity index (χ2v) is 5.74. The summed E-state index contributed by atoms with van der Waals surface area (Å²) in [6, 6.07) is 5.54. The van der Waals surface area contributed by atoms with Gasteiger partial charge in [0.15, 0.2) is 0 Å². The minimum Gasteiger partial charge on any atom is -0.496 e. The number of methoxy groups -OCH3 is 1.